The summed E-state index contributed by atoms with van der Waals surface area (Å²) < 4.78 is 33.2. The second-order valence-corrected chi connectivity index (χ2v) is 7.94. The fraction of sp³-hybridized carbons (Fsp3) is 0.462. The molecule has 0 radical (unpaired) electrons. The molecule has 8 heteroatoms. The van der Waals surface area contributed by atoms with E-state index in [9.17, 15) is 17.4 Å². The Kier molecular flexibility index (Phi) is 6.50. The van der Waals surface area contributed by atoms with Gasteiger partial charge < -0.3 is 5.32 Å². The maximum Gasteiger partial charge on any atom is 0.238 e. The zero-order valence-electron chi connectivity index (χ0n) is 12.0. The molecule has 2 unspecified atom stereocenters. The Morgan fingerprint density at radius 3 is 2.38 bits per heavy atom. The summed E-state index contributed by atoms with van der Waals surface area (Å²) in [7, 11) is -4.63. The van der Waals surface area contributed by atoms with Crippen molar-refractivity contribution in [2.24, 2.45) is 5.14 Å². The van der Waals surface area contributed by atoms with Gasteiger partial charge in [-0.1, -0.05) is 12.1 Å². The van der Waals surface area contributed by atoms with Gasteiger partial charge in [0.25, 0.3) is 0 Å². The van der Waals surface area contributed by atoms with E-state index in [1.807, 2.05) is 0 Å². The number of nitrogens with two attached hydrogens (primary N) is 1. The molecule has 21 heavy (non-hydrogen) atoms. The molecular weight excluding hydrogens is 312 g/mol. The van der Waals surface area contributed by atoms with E-state index < -0.39 is 20.8 Å². The third kappa shape index (κ3) is 6.83. The summed E-state index contributed by atoms with van der Waals surface area (Å²) in [4.78, 5) is 11.8. The number of amides is 1. The zero-order valence-corrected chi connectivity index (χ0v) is 13.7. The fourth-order valence-electron chi connectivity index (χ4n) is 1.84. The quantitative estimate of drug-likeness (QED) is 0.741. The Labute approximate surface area is 127 Å². The Morgan fingerprint density at radius 1 is 1.33 bits per heavy atom. The molecule has 118 valence electrons. The molecule has 0 aromatic heterocycles. The lowest BCUT2D eigenvalue weighted by atomic mass is 10.1. The number of rotatable bonds is 7. The SMILES string of the molecule is CC(CS(C)=O)NC(=O)CCc1ccc(S(N)(=O)=O)cc1. The van der Waals surface area contributed by atoms with E-state index in [2.05, 4.69) is 5.32 Å². The summed E-state index contributed by atoms with van der Waals surface area (Å²) in [6.45, 7) is 1.81. The molecule has 0 bridgehead atoms. The summed E-state index contributed by atoms with van der Waals surface area (Å²) in [6, 6.07) is 5.99. The molecule has 6 nitrogen and oxygen atoms in total. The highest BCUT2D eigenvalue weighted by Crippen LogP contribution is 2.10. The first-order chi connectivity index (χ1) is 9.68. The van der Waals surface area contributed by atoms with Crippen molar-refractivity contribution in [2.75, 3.05) is 12.0 Å². The lowest BCUT2D eigenvalue weighted by molar-refractivity contribution is -0.121. The third-order valence-corrected chi connectivity index (χ3v) is 4.68. The van der Waals surface area contributed by atoms with Gasteiger partial charge in [-0.25, -0.2) is 13.6 Å². The molecule has 0 aliphatic rings. The van der Waals surface area contributed by atoms with Crippen LogP contribution >= 0.6 is 0 Å². The first kappa shape index (κ1) is 17.8. The topological polar surface area (TPSA) is 106 Å². The lowest BCUT2D eigenvalue weighted by Gasteiger charge is -2.12. The standard InChI is InChI=1S/C13H20N2O4S2/c1-10(9-20(2)17)15-13(16)8-5-11-3-6-12(7-4-11)21(14,18)19/h3-4,6-7,10H,5,8-9H2,1-2H3,(H,15,16)(H2,14,18,19). The smallest absolute Gasteiger partial charge is 0.238 e. The van der Waals surface area contributed by atoms with Gasteiger partial charge in [-0.15, -0.1) is 0 Å². The van der Waals surface area contributed by atoms with Crippen LogP contribution in [0.2, 0.25) is 0 Å². The number of hydrogen-bond acceptors (Lipinski definition) is 4. The molecule has 2 atom stereocenters. The van der Waals surface area contributed by atoms with Gasteiger partial charge >= 0.3 is 0 Å². The van der Waals surface area contributed by atoms with Crippen LogP contribution in [0.1, 0.15) is 18.9 Å². The van der Waals surface area contributed by atoms with Crippen LogP contribution in [-0.4, -0.2) is 36.6 Å². The van der Waals surface area contributed by atoms with Gasteiger partial charge in [0.1, 0.15) is 0 Å². The predicted molar refractivity (Wildman–Crippen MR) is 82.7 cm³/mol. The minimum absolute atomic E-state index is 0.0507. The molecular formula is C13H20N2O4S2. The van der Waals surface area contributed by atoms with Crippen LogP contribution in [0.25, 0.3) is 0 Å². The van der Waals surface area contributed by atoms with Gasteiger partial charge in [-0.2, -0.15) is 0 Å². The minimum Gasteiger partial charge on any atom is -0.353 e. The van der Waals surface area contributed by atoms with Crippen LogP contribution in [0.4, 0.5) is 0 Å². The molecule has 1 amide bonds. The number of aryl methyl sites for hydroxylation is 1. The summed E-state index contributed by atoms with van der Waals surface area (Å²) in [5.41, 5.74) is 0.851. The maximum absolute atomic E-state index is 11.7. The van der Waals surface area contributed by atoms with Crippen molar-refractivity contribution in [3.05, 3.63) is 29.8 Å². The first-order valence-electron chi connectivity index (χ1n) is 6.39. The van der Waals surface area contributed by atoms with Crippen LogP contribution < -0.4 is 10.5 Å². The van der Waals surface area contributed by atoms with Crippen molar-refractivity contribution in [1.29, 1.82) is 0 Å². The maximum atomic E-state index is 11.7. The highest BCUT2D eigenvalue weighted by Gasteiger charge is 2.10. The summed E-state index contributed by atoms with van der Waals surface area (Å²) >= 11 is 0. The molecule has 3 N–H and O–H groups in total. The van der Waals surface area contributed by atoms with E-state index in [4.69, 9.17) is 5.14 Å². The molecule has 0 aliphatic carbocycles. The Hall–Kier alpha value is -1.25. The second-order valence-electron chi connectivity index (χ2n) is 4.90. The Morgan fingerprint density at radius 2 is 1.90 bits per heavy atom. The van der Waals surface area contributed by atoms with E-state index in [0.717, 1.165) is 5.56 Å². The normalized spacial score (nSPS) is 14.4. The molecule has 0 spiro atoms. The molecule has 0 saturated heterocycles. The van der Waals surface area contributed by atoms with Gasteiger partial charge in [-0.3, -0.25) is 9.00 Å². The number of nitrogens with one attached hydrogen (secondary N) is 1. The summed E-state index contributed by atoms with van der Waals surface area (Å²) in [6.07, 6.45) is 2.38. The van der Waals surface area contributed by atoms with Crippen molar-refractivity contribution in [1.82, 2.24) is 5.32 Å². The van der Waals surface area contributed by atoms with Crippen LogP contribution in [-0.2, 0) is 32.0 Å². The lowest BCUT2D eigenvalue weighted by Crippen LogP contribution is -2.36. The van der Waals surface area contributed by atoms with Crippen molar-refractivity contribution in [2.45, 2.75) is 30.7 Å². The number of hydrogen-bond donors (Lipinski definition) is 2. The number of sulfonamides is 1. The van der Waals surface area contributed by atoms with E-state index in [0.29, 0.717) is 12.2 Å². The van der Waals surface area contributed by atoms with E-state index in [1.54, 1.807) is 25.3 Å². The third-order valence-electron chi connectivity index (χ3n) is 2.78. The zero-order chi connectivity index (χ0) is 16.0. The molecule has 0 heterocycles. The number of benzene rings is 1. The minimum atomic E-state index is -3.69. The van der Waals surface area contributed by atoms with Crippen molar-refractivity contribution >= 4 is 26.7 Å². The van der Waals surface area contributed by atoms with Crippen molar-refractivity contribution in [3.63, 3.8) is 0 Å². The molecule has 1 aromatic carbocycles. The summed E-state index contributed by atoms with van der Waals surface area (Å²) in [5.74, 6) is 0.304. The Bertz CT molecular complexity index is 612. The first-order valence-corrected chi connectivity index (χ1v) is 9.67. The van der Waals surface area contributed by atoms with Crippen LogP contribution in [0.5, 0.6) is 0 Å². The molecule has 0 fully saturated rings. The average molecular weight is 332 g/mol. The van der Waals surface area contributed by atoms with E-state index in [-0.39, 0.29) is 23.3 Å². The average Bonchev–Trinajstić information content (AvgIpc) is 2.34. The number of primary sulfonamides is 1. The van der Waals surface area contributed by atoms with Gasteiger partial charge in [0.15, 0.2) is 0 Å². The molecule has 0 aliphatic heterocycles. The van der Waals surface area contributed by atoms with Crippen molar-refractivity contribution < 1.29 is 17.4 Å². The largest absolute Gasteiger partial charge is 0.353 e. The van der Waals surface area contributed by atoms with E-state index >= 15 is 0 Å². The number of carbonyl (C=O) groups is 1. The van der Waals surface area contributed by atoms with Gasteiger partial charge in [0.05, 0.1) is 4.90 Å². The van der Waals surface area contributed by atoms with Crippen LogP contribution in [0.15, 0.2) is 29.2 Å². The highest BCUT2D eigenvalue weighted by molar-refractivity contribution is 7.89. The molecule has 1 aromatic rings. The monoisotopic (exact) mass is 332 g/mol. The highest BCUT2D eigenvalue weighted by atomic mass is 32.2. The summed E-state index contributed by atoms with van der Waals surface area (Å²) in [5, 5.41) is 7.78. The number of carbonyl (C=O) groups excluding carboxylic acids is 1. The predicted octanol–water partition coefficient (Wildman–Crippen LogP) is 0.150. The van der Waals surface area contributed by atoms with Gasteiger partial charge in [0, 0.05) is 35.3 Å². The Balaban J connectivity index is 2.48. The van der Waals surface area contributed by atoms with Gasteiger partial charge in [-0.05, 0) is 31.0 Å². The van der Waals surface area contributed by atoms with Gasteiger partial charge in [0.2, 0.25) is 15.9 Å². The van der Waals surface area contributed by atoms with E-state index in [1.165, 1.54) is 12.1 Å². The van der Waals surface area contributed by atoms with Crippen LogP contribution in [0, 0.1) is 0 Å². The second kappa shape index (κ2) is 7.67. The fourth-order valence-corrected chi connectivity index (χ4v) is 3.15. The van der Waals surface area contributed by atoms with Crippen LogP contribution in [0.3, 0.4) is 0 Å². The molecule has 1 rings (SSSR count). The van der Waals surface area contributed by atoms with Crippen molar-refractivity contribution in [3.8, 4) is 0 Å². The molecule has 0 saturated carbocycles.